The van der Waals surface area contributed by atoms with Crippen molar-refractivity contribution >= 4 is 5.91 Å². The van der Waals surface area contributed by atoms with Crippen LogP contribution in [0, 0.1) is 5.92 Å². The summed E-state index contributed by atoms with van der Waals surface area (Å²) >= 11 is 0. The van der Waals surface area contributed by atoms with E-state index in [2.05, 4.69) is 39.6 Å². The van der Waals surface area contributed by atoms with E-state index in [0.717, 1.165) is 29.9 Å². The number of H-pyrrole nitrogens is 1. The molecule has 0 saturated heterocycles. The van der Waals surface area contributed by atoms with Crippen LogP contribution in [0.4, 0.5) is 0 Å². The van der Waals surface area contributed by atoms with Gasteiger partial charge in [-0.2, -0.15) is 0 Å². The molecular formula is C24H23N3O2. The summed E-state index contributed by atoms with van der Waals surface area (Å²) in [7, 11) is 0. The highest BCUT2D eigenvalue weighted by Crippen LogP contribution is 2.43. The standard InChI is InChI=1S/C24H23N3O2/c28-21-14-20(25-23(26-21)19-4-2-1-3-5-19)24(29)27-22(18-12-13-18)17-10-8-16(9-11-17)15-6-7-15/h1-5,8-11,14-15,18,22H,6-7,12-13H2,(H,27,29)(H,25,26,28). The van der Waals surface area contributed by atoms with Gasteiger partial charge in [0.15, 0.2) is 0 Å². The second-order valence-electron chi connectivity index (χ2n) is 8.07. The van der Waals surface area contributed by atoms with Crippen LogP contribution >= 0.6 is 0 Å². The summed E-state index contributed by atoms with van der Waals surface area (Å²) in [6.45, 7) is 0. The molecule has 1 unspecified atom stereocenters. The monoisotopic (exact) mass is 385 g/mol. The van der Waals surface area contributed by atoms with Crippen molar-refractivity contribution in [3.63, 3.8) is 0 Å². The Kier molecular flexibility index (Phi) is 4.51. The quantitative estimate of drug-likeness (QED) is 0.668. The third kappa shape index (κ3) is 3.99. The number of carbonyl (C=O) groups excluding carboxylic acids is 1. The minimum absolute atomic E-state index is 0.0444. The molecule has 0 aliphatic heterocycles. The van der Waals surface area contributed by atoms with Crippen molar-refractivity contribution in [2.24, 2.45) is 5.92 Å². The van der Waals surface area contributed by atoms with Gasteiger partial charge in [-0.1, -0.05) is 54.6 Å². The molecule has 0 radical (unpaired) electrons. The lowest BCUT2D eigenvalue weighted by Gasteiger charge is -2.19. The van der Waals surface area contributed by atoms with Crippen LogP contribution in [0.15, 0.2) is 65.5 Å². The highest BCUT2D eigenvalue weighted by molar-refractivity contribution is 5.92. The molecule has 2 aromatic carbocycles. The lowest BCUT2D eigenvalue weighted by molar-refractivity contribution is 0.0926. The van der Waals surface area contributed by atoms with Crippen LogP contribution in [0.1, 0.15) is 59.3 Å². The number of benzene rings is 2. The van der Waals surface area contributed by atoms with Crippen LogP contribution in [-0.2, 0) is 0 Å². The Hall–Kier alpha value is -3.21. The molecule has 29 heavy (non-hydrogen) atoms. The summed E-state index contributed by atoms with van der Waals surface area (Å²) in [6.07, 6.45) is 4.76. The molecule has 2 aliphatic rings. The molecule has 3 aromatic rings. The normalized spacial score (nSPS) is 17.0. The molecule has 146 valence electrons. The van der Waals surface area contributed by atoms with Gasteiger partial charge in [0.1, 0.15) is 11.5 Å². The minimum atomic E-state index is -0.333. The van der Waals surface area contributed by atoms with E-state index < -0.39 is 0 Å². The van der Waals surface area contributed by atoms with E-state index in [1.165, 1.54) is 24.5 Å². The Balaban J connectivity index is 1.39. The first kappa shape index (κ1) is 17.9. The van der Waals surface area contributed by atoms with Gasteiger partial charge in [-0.3, -0.25) is 9.59 Å². The van der Waals surface area contributed by atoms with Crippen molar-refractivity contribution in [1.29, 1.82) is 0 Å². The molecular weight excluding hydrogens is 362 g/mol. The Bertz CT molecular complexity index is 1080. The molecule has 5 nitrogen and oxygen atoms in total. The zero-order valence-corrected chi connectivity index (χ0v) is 16.1. The van der Waals surface area contributed by atoms with Crippen LogP contribution in [0.5, 0.6) is 0 Å². The highest BCUT2D eigenvalue weighted by Gasteiger charge is 2.34. The number of carbonyl (C=O) groups is 1. The molecule has 0 spiro atoms. The number of amides is 1. The van der Waals surface area contributed by atoms with Crippen molar-refractivity contribution < 1.29 is 4.79 Å². The largest absolute Gasteiger partial charge is 0.344 e. The smallest absolute Gasteiger partial charge is 0.270 e. The van der Waals surface area contributed by atoms with E-state index in [-0.39, 0.29) is 23.2 Å². The average Bonchev–Trinajstić information content (AvgIpc) is 3.65. The summed E-state index contributed by atoms with van der Waals surface area (Å²) < 4.78 is 0. The summed E-state index contributed by atoms with van der Waals surface area (Å²) in [6, 6.07) is 19.2. The highest BCUT2D eigenvalue weighted by atomic mass is 16.2. The number of aromatic amines is 1. The van der Waals surface area contributed by atoms with Crippen LogP contribution in [-0.4, -0.2) is 15.9 Å². The first-order chi connectivity index (χ1) is 14.2. The fourth-order valence-electron chi connectivity index (χ4n) is 3.82. The van der Waals surface area contributed by atoms with Gasteiger partial charge < -0.3 is 10.3 Å². The van der Waals surface area contributed by atoms with Crippen LogP contribution < -0.4 is 10.9 Å². The molecule has 1 aromatic heterocycles. The van der Waals surface area contributed by atoms with E-state index >= 15 is 0 Å². The summed E-state index contributed by atoms with van der Waals surface area (Å²) in [5.41, 5.74) is 3.10. The first-order valence-electron chi connectivity index (χ1n) is 10.2. The summed E-state index contributed by atoms with van der Waals surface area (Å²) in [5.74, 6) is 1.26. The van der Waals surface area contributed by atoms with E-state index in [1.54, 1.807) is 0 Å². The van der Waals surface area contributed by atoms with Crippen molar-refractivity contribution in [1.82, 2.24) is 15.3 Å². The molecule has 1 atom stereocenters. The number of rotatable bonds is 6. The van der Waals surface area contributed by atoms with Crippen molar-refractivity contribution in [2.45, 2.75) is 37.6 Å². The van der Waals surface area contributed by atoms with Crippen molar-refractivity contribution in [2.75, 3.05) is 0 Å². The first-order valence-corrected chi connectivity index (χ1v) is 10.2. The minimum Gasteiger partial charge on any atom is -0.344 e. The van der Waals surface area contributed by atoms with Gasteiger partial charge in [-0.15, -0.1) is 0 Å². The molecule has 2 aliphatic carbocycles. The second-order valence-corrected chi connectivity index (χ2v) is 8.07. The van der Waals surface area contributed by atoms with Gasteiger partial charge >= 0.3 is 0 Å². The molecule has 2 saturated carbocycles. The number of hydrogen-bond donors (Lipinski definition) is 2. The van der Waals surface area contributed by atoms with Gasteiger partial charge in [-0.05, 0) is 48.6 Å². The van der Waals surface area contributed by atoms with E-state index in [9.17, 15) is 9.59 Å². The Morgan fingerprint density at radius 2 is 1.72 bits per heavy atom. The van der Waals surface area contributed by atoms with Crippen molar-refractivity contribution in [3.05, 3.63) is 87.8 Å². The molecule has 1 amide bonds. The number of nitrogens with zero attached hydrogens (tertiary/aromatic N) is 1. The molecule has 5 rings (SSSR count). The third-order valence-corrected chi connectivity index (χ3v) is 5.75. The predicted octanol–water partition coefficient (Wildman–Crippen LogP) is 4.20. The van der Waals surface area contributed by atoms with Crippen LogP contribution in [0.2, 0.25) is 0 Å². The number of aromatic nitrogens is 2. The van der Waals surface area contributed by atoms with E-state index in [0.29, 0.717) is 11.7 Å². The molecule has 2 fully saturated rings. The van der Waals surface area contributed by atoms with Gasteiger partial charge in [-0.25, -0.2) is 4.98 Å². The van der Waals surface area contributed by atoms with Gasteiger partial charge in [0.25, 0.3) is 11.5 Å². The zero-order valence-electron chi connectivity index (χ0n) is 16.1. The number of nitrogens with one attached hydrogen (secondary N) is 2. The zero-order chi connectivity index (χ0) is 19.8. The summed E-state index contributed by atoms with van der Waals surface area (Å²) in [4.78, 5) is 32.2. The molecule has 2 N–H and O–H groups in total. The molecule has 5 heteroatoms. The maximum Gasteiger partial charge on any atom is 0.270 e. The van der Waals surface area contributed by atoms with Gasteiger partial charge in [0, 0.05) is 11.6 Å². The fourth-order valence-corrected chi connectivity index (χ4v) is 3.82. The maximum absolute atomic E-state index is 13.0. The average molecular weight is 385 g/mol. The Morgan fingerprint density at radius 3 is 2.38 bits per heavy atom. The fraction of sp³-hybridized carbons (Fsp3) is 0.292. The SMILES string of the molecule is O=C(NC(c1ccc(C2CC2)cc1)C1CC1)c1cc(=O)[nH]c(-c2ccccc2)n1. The number of hydrogen-bond acceptors (Lipinski definition) is 3. The topological polar surface area (TPSA) is 74.8 Å². The van der Waals surface area contributed by atoms with Gasteiger partial charge in [0.05, 0.1) is 6.04 Å². The third-order valence-electron chi connectivity index (χ3n) is 5.75. The van der Waals surface area contributed by atoms with Crippen molar-refractivity contribution in [3.8, 4) is 11.4 Å². The molecule has 0 bridgehead atoms. The van der Waals surface area contributed by atoms with E-state index in [1.807, 2.05) is 30.3 Å². The van der Waals surface area contributed by atoms with Gasteiger partial charge in [0.2, 0.25) is 0 Å². The maximum atomic E-state index is 13.0. The summed E-state index contributed by atoms with van der Waals surface area (Å²) in [5, 5.41) is 3.13. The van der Waals surface area contributed by atoms with Crippen LogP contribution in [0.25, 0.3) is 11.4 Å². The van der Waals surface area contributed by atoms with E-state index in [4.69, 9.17) is 0 Å². The Labute approximate surface area is 169 Å². The predicted molar refractivity (Wildman–Crippen MR) is 112 cm³/mol. The lowest BCUT2D eigenvalue weighted by atomic mass is 9.99. The Morgan fingerprint density at radius 1 is 1.00 bits per heavy atom. The van der Waals surface area contributed by atoms with Crippen LogP contribution in [0.3, 0.4) is 0 Å². The lowest BCUT2D eigenvalue weighted by Crippen LogP contribution is -2.31. The second kappa shape index (κ2) is 7.32. The molecule has 1 heterocycles.